The van der Waals surface area contributed by atoms with Crippen LogP contribution in [0.4, 0.5) is 0 Å². The van der Waals surface area contributed by atoms with Gasteiger partial charge in [0.05, 0.1) is 22.1 Å². The molecule has 3 aromatic carbocycles. The largest absolute Gasteiger partial charge is 0.353 e. The standard InChI is InChI=1S/C34H34BrN3O3/c1-20-15-21(2)17-22(16-20)29-24(11-14-38-31(39)25-9-5-6-10-26(25)32(38)40)27-18-23(19-28(35)30(27)36-29)34(3,4)33(41)37-12-7-8-13-37/h5-6,9-10,15-19,36H,7-8,11-14H2,1-4H3. The smallest absolute Gasteiger partial charge is 0.261 e. The Morgan fingerprint density at radius 3 is 2.15 bits per heavy atom. The minimum absolute atomic E-state index is 0.138. The van der Waals surface area contributed by atoms with Crippen molar-refractivity contribution in [1.29, 1.82) is 0 Å². The number of carbonyl (C=O) groups is 3. The SMILES string of the molecule is Cc1cc(C)cc(-c2[nH]c3c(Br)cc(C(C)(C)C(=O)N4CCCC4)cc3c2CCN2C(=O)c3ccccc3C2=O)c1. The van der Waals surface area contributed by atoms with Crippen LogP contribution in [0.5, 0.6) is 0 Å². The zero-order chi connectivity index (χ0) is 29.1. The Kier molecular flexibility index (Phi) is 6.89. The molecule has 41 heavy (non-hydrogen) atoms. The molecule has 0 radical (unpaired) electrons. The van der Waals surface area contributed by atoms with Gasteiger partial charge in [-0.3, -0.25) is 19.3 Å². The second-order valence-corrected chi connectivity index (χ2v) is 12.8. The summed E-state index contributed by atoms with van der Waals surface area (Å²) in [6, 6.07) is 17.6. The number of aryl methyl sites for hydroxylation is 2. The first-order valence-corrected chi connectivity index (χ1v) is 15.0. The van der Waals surface area contributed by atoms with E-state index in [4.69, 9.17) is 0 Å². The van der Waals surface area contributed by atoms with Crippen LogP contribution < -0.4 is 0 Å². The first kappa shape index (κ1) is 27.5. The lowest BCUT2D eigenvalue weighted by Crippen LogP contribution is -2.42. The van der Waals surface area contributed by atoms with Gasteiger partial charge < -0.3 is 9.88 Å². The number of likely N-dealkylation sites (tertiary alicyclic amines) is 1. The highest BCUT2D eigenvalue weighted by atomic mass is 79.9. The highest BCUT2D eigenvalue weighted by molar-refractivity contribution is 9.10. The van der Waals surface area contributed by atoms with Gasteiger partial charge in [-0.2, -0.15) is 0 Å². The van der Waals surface area contributed by atoms with Gasteiger partial charge in [0.15, 0.2) is 0 Å². The van der Waals surface area contributed by atoms with E-state index >= 15 is 0 Å². The molecule has 2 aliphatic rings. The van der Waals surface area contributed by atoms with E-state index in [1.807, 2.05) is 24.8 Å². The van der Waals surface area contributed by atoms with E-state index < -0.39 is 5.41 Å². The Hall–Kier alpha value is -3.71. The van der Waals surface area contributed by atoms with Gasteiger partial charge in [0, 0.05) is 35.2 Å². The lowest BCUT2D eigenvalue weighted by Gasteiger charge is -2.30. The second kappa shape index (κ2) is 10.3. The first-order valence-electron chi connectivity index (χ1n) is 14.2. The molecule has 1 saturated heterocycles. The van der Waals surface area contributed by atoms with E-state index in [2.05, 4.69) is 59.0 Å². The quantitative estimate of drug-likeness (QED) is 0.240. The molecule has 0 saturated carbocycles. The third-order valence-electron chi connectivity index (χ3n) is 8.59. The van der Waals surface area contributed by atoms with E-state index in [0.717, 1.165) is 74.8 Å². The number of rotatable bonds is 6. The van der Waals surface area contributed by atoms with Crippen molar-refractivity contribution in [3.8, 4) is 11.3 Å². The molecule has 2 aliphatic heterocycles. The van der Waals surface area contributed by atoms with Crippen LogP contribution in [-0.2, 0) is 16.6 Å². The van der Waals surface area contributed by atoms with Crippen molar-refractivity contribution in [3.63, 3.8) is 0 Å². The molecule has 0 spiro atoms. The third-order valence-corrected chi connectivity index (χ3v) is 9.22. The monoisotopic (exact) mass is 611 g/mol. The number of imide groups is 1. The summed E-state index contributed by atoms with van der Waals surface area (Å²) in [6.07, 6.45) is 2.57. The van der Waals surface area contributed by atoms with Gasteiger partial charge in [-0.1, -0.05) is 29.3 Å². The van der Waals surface area contributed by atoms with E-state index in [1.54, 1.807) is 24.3 Å². The molecule has 4 aromatic rings. The van der Waals surface area contributed by atoms with Crippen LogP contribution in [0.2, 0.25) is 0 Å². The van der Waals surface area contributed by atoms with E-state index in [9.17, 15) is 14.4 Å². The second-order valence-electron chi connectivity index (χ2n) is 11.9. The fourth-order valence-electron chi connectivity index (χ4n) is 6.40. The molecule has 0 aliphatic carbocycles. The fraction of sp³-hybridized carbons (Fsp3) is 0.324. The average molecular weight is 613 g/mol. The van der Waals surface area contributed by atoms with Gasteiger partial charge in [-0.15, -0.1) is 0 Å². The van der Waals surface area contributed by atoms with Crippen molar-refractivity contribution in [3.05, 3.63) is 92.5 Å². The predicted molar refractivity (Wildman–Crippen MR) is 165 cm³/mol. The molecule has 1 N–H and O–H groups in total. The topological polar surface area (TPSA) is 73.5 Å². The van der Waals surface area contributed by atoms with Crippen LogP contribution in [-0.4, -0.2) is 52.1 Å². The van der Waals surface area contributed by atoms with Crippen molar-refractivity contribution in [1.82, 2.24) is 14.8 Å². The van der Waals surface area contributed by atoms with Crippen LogP contribution >= 0.6 is 15.9 Å². The van der Waals surface area contributed by atoms with E-state index in [0.29, 0.717) is 17.5 Å². The van der Waals surface area contributed by atoms with E-state index in [-0.39, 0.29) is 24.3 Å². The Balaban J connectivity index is 1.45. The molecule has 6 nitrogen and oxygen atoms in total. The molecule has 1 fully saturated rings. The maximum absolute atomic E-state index is 13.6. The summed E-state index contributed by atoms with van der Waals surface area (Å²) in [5, 5.41) is 0.988. The normalized spacial score (nSPS) is 15.3. The van der Waals surface area contributed by atoms with Gasteiger partial charge in [-0.25, -0.2) is 0 Å². The van der Waals surface area contributed by atoms with Crippen LogP contribution in [0.25, 0.3) is 22.2 Å². The number of hydrogen-bond donors (Lipinski definition) is 1. The number of halogens is 1. The first-order chi connectivity index (χ1) is 19.6. The highest BCUT2D eigenvalue weighted by Gasteiger charge is 2.37. The molecule has 1 aromatic heterocycles. The van der Waals surface area contributed by atoms with Crippen LogP contribution in [0.1, 0.15) is 69.7 Å². The number of aromatic nitrogens is 1. The van der Waals surface area contributed by atoms with Gasteiger partial charge in [0.25, 0.3) is 11.8 Å². The summed E-state index contributed by atoms with van der Waals surface area (Å²) >= 11 is 3.80. The summed E-state index contributed by atoms with van der Waals surface area (Å²) in [5.41, 5.74) is 7.42. The number of aromatic amines is 1. The van der Waals surface area contributed by atoms with Crippen LogP contribution in [0, 0.1) is 13.8 Å². The van der Waals surface area contributed by atoms with Crippen LogP contribution in [0.3, 0.4) is 0 Å². The third kappa shape index (κ3) is 4.70. The summed E-state index contributed by atoms with van der Waals surface area (Å²) in [6.45, 7) is 10.0. The summed E-state index contributed by atoms with van der Waals surface area (Å²) < 4.78 is 0.880. The maximum atomic E-state index is 13.6. The molecule has 0 unspecified atom stereocenters. The molecule has 6 rings (SSSR count). The Bertz CT molecular complexity index is 1670. The highest BCUT2D eigenvalue weighted by Crippen LogP contribution is 2.39. The zero-order valence-corrected chi connectivity index (χ0v) is 25.5. The number of carbonyl (C=O) groups excluding carboxylic acids is 3. The number of nitrogens with one attached hydrogen (secondary N) is 1. The van der Waals surface area contributed by atoms with Gasteiger partial charge in [0.1, 0.15) is 0 Å². The van der Waals surface area contributed by atoms with E-state index in [1.165, 1.54) is 4.90 Å². The number of benzene rings is 3. The van der Waals surface area contributed by atoms with Gasteiger partial charge >= 0.3 is 0 Å². The van der Waals surface area contributed by atoms with Crippen molar-refractivity contribution >= 4 is 44.6 Å². The Morgan fingerprint density at radius 2 is 1.54 bits per heavy atom. The minimum atomic E-state index is -0.710. The molecular weight excluding hydrogens is 578 g/mol. The van der Waals surface area contributed by atoms with Crippen molar-refractivity contribution < 1.29 is 14.4 Å². The Labute approximate surface area is 248 Å². The molecule has 7 heteroatoms. The molecule has 0 atom stereocenters. The van der Waals surface area contributed by atoms with Gasteiger partial charge in [-0.05, 0) is 116 Å². The number of nitrogens with zero attached hydrogens (tertiary/aromatic N) is 2. The predicted octanol–water partition coefficient (Wildman–Crippen LogP) is 6.95. The number of hydrogen-bond acceptors (Lipinski definition) is 3. The van der Waals surface area contributed by atoms with Crippen molar-refractivity contribution in [2.24, 2.45) is 0 Å². The summed E-state index contributed by atoms with van der Waals surface area (Å²) in [5.74, 6) is -0.367. The number of H-pyrrole nitrogens is 1. The maximum Gasteiger partial charge on any atom is 0.261 e. The summed E-state index contributed by atoms with van der Waals surface area (Å²) in [4.78, 5) is 46.9. The molecule has 3 heterocycles. The van der Waals surface area contributed by atoms with Crippen molar-refractivity contribution in [2.75, 3.05) is 19.6 Å². The average Bonchev–Trinajstić information content (AvgIpc) is 3.65. The lowest BCUT2D eigenvalue weighted by atomic mass is 9.82. The molecule has 3 amide bonds. The Morgan fingerprint density at radius 1 is 0.927 bits per heavy atom. The number of amides is 3. The molecule has 0 bridgehead atoms. The number of fused-ring (bicyclic) bond motifs is 2. The molecular formula is C34H34BrN3O3. The zero-order valence-electron chi connectivity index (χ0n) is 23.9. The molecule has 210 valence electrons. The summed E-state index contributed by atoms with van der Waals surface area (Å²) in [7, 11) is 0. The fourth-order valence-corrected chi connectivity index (χ4v) is 6.96. The van der Waals surface area contributed by atoms with Crippen molar-refractivity contribution in [2.45, 2.75) is 52.4 Å². The van der Waals surface area contributed by atoms with Crippen LogP contribution in [0.15, 0.2) is 59.1 Å². The lowest BCUT2D eigenvalue weighted by molar-refractivity contribution is -0.135. The van der Waals surface area contributed by atoms with Gasteiger partial charge in [0.2, 0.25) is 5.91 Å². The minimum Gasteiger partial charge on any atom is -0.353 e.